The molecule has 1 aliphatic carbocycles. The van der Waals surface area contributed by atoms with Crippen LogP contribution in [-0.4, -0.2) is 11.0 Å². The van der Waals surface area contributed by atoms with Crippen LogP contribution in [-0.2, 0) is 0 Å². The number of hydrogen-bond donors (Lipinski definition) is 1. The Hall–Kier alpha value is -1.17. The Morgan fingerprint density at radius 2 is 2.11 bits per heavy atom. The molecule has 1 aromatic carbocycles. The van der Waals surface area contributed by atoms with Crippen molar-refractivity contribution in [1.29, 1.82) is 0 Å². The molecule has 6 heteroatoms. The minimum absolute atomic E-state index is 0.151. The Balaban J connectivity index is 2.22. The number of benzene rings is 1. The van der Waals surface area contributed by atoms with Gasteiger partial charge in [0.05, 0.1) is 15.5 Å². The minimum Gasteiger partial charge on any atom is -0.377 e. The largest absolute Gasteiger partial charge is 0.377 e. The van der Waals surface area contributed by atoms with Crippen LogP contribution in [0.3, 0.4) is 0 Å². The normalized spacial score (nSPS) is 17.4. The highest BCUT2D eigenvalue weighted by Gasteiger charge is 2.24. The molecule has 1 unspecified atom stereocenters. The first kappa shape index (κ1) is 14.2. The second kappa shape index (κ2) is 5.86. The molecular formula is C13H16BrFN2O2. The molecule has 0 saturated heterocycles. The van der Waals surface area contributed by atoms with Gasteiger partial charge in [-0.2, -0.15) is 0 Å². The fourth-order valence-corrected chi connectivity index (χ4v) is 2.97. The van der Waals surface area contributed by atoms with Crippen LogP contribution in [0.25, 0.3) is 0 Å². The van der Waals surface area contributed by atoms with E-state index in [0.29, 0.717) is 11.6 Å². The Bertz CT molecular complexity index is 490. The third-order valence-corrected chi connectivity index (χ3v) is 4.33. The predicted octanol–water partition coefficient (Wildman–Crippen LogP) is 4.49. The summed E-state index contributed by atoms with van der Waals surface area (Å²) in [5.41, 5.74) is 0.156. The van der Waals surface area contributed by atoms with Crippen molar-refractivity contribution >= 4 is 27.3 Å². The lowest BCUT2D eigenvalue weighted by atomic mass is 9.99. The fourth-order valence-electron chi connectivity index (χ4n) is 2.62. The summed E-state index contributed by atoms with van der Waals surface area (Å²) in [6.45, 7) is 2.02. The SMILES string of the molecule is CC(Nc1cc(Br)c(F)cc1[N+](=O)[O-])C1CCCC1. The molecule has 0 aromatic heterocycles. The van der Waals surface area contributed by atoms with Crippen molar-refractivity contribution in [3.05, 3.63) is 32.5 Å². The van der Waals surface area contributed by atoms with Crippen molar-refractivity contribution in [2.45, 2.75) is 38.6 Å². The Morgan fingerprint density at radius 1 is 1.47 bits per heavy atom. The van der Waals surface area contributed by atoms with Crippen molar-refractivity contribution in [3.63, 3.8) is 0 Å². The summed E-state index contributed by atoms with van der Waals surface area (Å²) < 4.78 is 13.6. The molecular weight excluding hydrogens is 315 g/mol. The van der Waals surface area contributed by atoms with Crippen molar-refractivity contribution in [3.8, 4) is 0 Å². The highest BCUT2D eigenvalue weighted by Crippen LogP contribution is 2.34. The van der Waals surface area contributed by atoms with Crippen LogP contribution in [0, 0.1) is 21.8 Å². The standard InChI is InChI=1S/C13H16BrFN2O2/c1-8(9-4-2-3-5-9)16-12-6-10(14)11(15)7-13(12)17(18)19/h6-9,16H,2-5H2,1H3. The molecule has 4 nitrogen and oxygen atoms in total. The van der Waals surface area contributed by atoms with Gasteiger partial charge in [0.15, 0.2) is 0 Å². The zero-order valence-corrected chi connectivity index (χ0v) is 12.2. The molecule has 1 aromatic rings. The predicted molar refractivity (Wildman–Crippen MR) is 75.8 cm³/mol. The van der Waals surface area contributed by atoms with Gasteiger partial charge in [0.2, 0.25) is 0 Å². The average Bonchev–Trinajstić information content (AvgIpc) is 2.86. The molecule has 19 heavy (non-hydrogen) atoms. The van der Waals surface area contributed by atoms with Gasteiger partial charge in [-0.15, -0.1) is 0 Å². The van der Waals surface area contributed by atoms with Crippen LogP contribution in [0.4, 0.5) is 15.8 Å². The van der Waals surface area contributed by atoms with E-state index in [-0.39, 0.29) is 16.2 Å². The van der Waals surface area contributed by atoms with Gasteiger partial charge in [-0.3, -0.25) is 10.1 Å². The summed E-state index contributed by atoms with van der Waals surface area (Å²) >= 11 is 3.07. The van der Waals surface area contributed by atoms with Crippen LogP contribution in [0.1, 0.15) is 32.6 Å². The second-order valence-corrected chi connectivity index (χ2v) is 5.87. The number of nitro benzene ring substituents is 1. The van der Waals surface area contributed by atoms with E-state index in [1.807, 2.05) is 6.92 Å². The van der Waals surface area contributed by atoms with E-state index < -0.39 is 10.7 Å². The highest BCUT2D eigenvalue weighted by molar-refractivity contribution is 9.10. The average molecular weight is 331 g/mol. The number of rotatable bonds is 4. The maximum atomic E-state index is 13.4. The second-order valence-electron chi connectivity index (χ2n) is 5.02. The van der Waals surface area contributed by atoms with Crippen molar-refractivity contribution in [2.75, 3.05) is 5.32 Å². The Kier molecular flexibility index (Phi) is 4.39. The maximum Gasteiger partial charge on any atom is 0.295 e. The zero-order valence-electron chi connectivity index (χ0n) is 10.7. The molecule has 0 aliphatic heterocycles. The molecule has 1 fully saturated rings. The first-order valence-corrected chi connectivity index (χ1v) is 7.18. The van der Waals surface area contributed by atoms with E-state index in [1.54, 1.807) is 0 Å². The number of nitrogens with one attached hydrogen (secondary N) is 1. The molecule has 1 atom stereocenters. The summed E-state index contributed by atoms with van der Waals surface area (Å²) in [6.07, 6.45) is 4.71. The summed E-state index contributed by atoms with van der Waals surface area (Å²) in [5, 5.41) is 14.1. The minimum atomic E-state index is -0.620. The lowest BCUT2D eigenvalue weighted by Gasteiger charge is -2.21. The lowest BCUT2D eigenvalue weighted by Crippen LogP contribution is -2.24. The van der Waals surface area contributed by atoms with Gasteiger partial charge in [-0.05, 0) is 47.7 Å². The van der Waals surface area contributed by atoms with Crippen LogP contribution in [0.2, 0.25) is 0 Å². The number of halogens is 2. The Morgan fingerprint density at radius 3 is 2.68 bits per heavy atom. The van der Waals surface area contributed by atoms with Gasteiger partial charge in [-0.25, -0.2) is 4.39 Å². The zero-order chi connectivity index (χ0) is 14.0. The van der Waals surface area contributed by atoms with Crippen LogP contribution >= 0.6 is 15.9 Å². The van der Waals surface area contributed by atoms with E-state index >= 15 is 0 Å². The molecule has 1 aliphatic rings. The first-order chi connectivity index (χ1) is 8.99. The maximum absolute atomic E-state index is 13.4. The van der Waals surface area contributed by atoms with E-state index in [4.69, 9.17) is 0 Å². The highest BCUT2D eigenvalue weighted by atomic mass is 79.9. The van der Waals surface area contributed by atoms with Crippen molar-refractivity contribution in [2.24, 2.45) is 5.92 Å². The molecule has 104 valence electrons. The number of nitro groups is 1. The Labute approximate surface area is 119 Å². The summed E-state index contributed by atoms with van der Waals surface area (Å²) in [5.74, 6) is -0.0887. The first-order valence-electron chi connectivity index (χ1n) is 6.39. The van der Waals surface area contributed by atoms with E-state index in [1.165, 1.54) is 18.9 Å². The fraction of sp³-hybridized carbons (Fsp3) is 0.538. The van der Waals surface area contributed by atoms with Gasteiger partial charge < -0.3 is 5.32 Å². The van der Waals surface area contributed by atoms with E-state index in [0.717, 1.165) is 18.9 Å². The molecule has 2 rings (SSSR count). The lowest BCUT2D eigenvalue weighted by molar-refractivity contribution is -0.384. The van der Waals surface area contributed by atoms with Gasteiger partial charge in [0, 0.05) is 6.04 Å². The summed E-state index contributed by atoms with van der Waals surface area (Å²) in [7, 11) is 0. The number of nitrogens with zero attached hydrogens (tertiary/aromatic N) is 1. The number of anilines is 1. The van der Waals surface area contributed by atoms with Crippen LogP contribution < -0.4 is 5.32 Å². The molecule has 0 bridgehead atoms. The van der Waals surface area contributed by atoms with Crippen molar-refractivity contribution in [1.82, 2.24) is 0 Å². The topological polar surface area (TPSA) is 55.2 Å². The number of hydrogen-bond acceptors (Lipinski definition) is 3. The smallest absolute Gasteiger partial charge is 0.295 e. The van der Waals surface area contributed by atoms with Crippen LogP contribution in [0.5, 0.6) is 0 Å². The van der Waals surface area contributed by atoms with E-state index in [9.17, 15) is 14.5 Å². The van der Waals surface area contributed by atoms with E-state index in [2.05, 4.69) is 21.2 Å². The van der Waals surface area contributed by atoms with Gasteiger partial charge in [-0.1, -0.05) is 12.8 Å². The third-order valence-electron chi connectivity index (χ3n) is 3.73. The molecule has 0 heterocycles. The molecule has 0 amide bonds. The monoisotopic (exact) mass is 330 g/mol. The molecule has 0 spiro atoms. The van der Waals surface area contributed by atoms with Gasteiger partial charge in [0.25, 0.3) is 5.69 Å². The quantitative estimate of drug-likeness (QED) is 0.653. The van der Waals surface area contributed by atoms with Crippen molar-refractivity contribution < 1.29 is 9.31 Å². The third kappa shape index (κ3) is 3.23. The van der Waals surface area contributed by atoms with Gasteiger partial charge in [0.1, 0.15) is 11.5 Å². The molecule has 1 saturated carbocycles. The summed E-state index contributed by atoms with van der Waals surface area (Å²) in [4.78, 5) is 10.4. The van der Waals surface area contributed by atoms with Gasteiger partial charge >= 0.3 is 0 Å². The molecule has 1 N–H and O–H groups in total. The summed E-state index contributed by atoms with van der Waals surface area (Å²) in [6, 6.07) is 2.55. The van der Waals surface area contributed by atoms with Crippen LogP contribution in [0.15, 0.2) is 16.6 Å². The molecule has 0 radical (unpaired) electrons.